The van der Waals surface area contributed by atoms with Crippen LogP contribution in [0.4, 0.5) is 5.69 Å². The van der Waals surface area contributed by atoms with Crippen molar-refractivity contribution in [2.24, 2.45) is 0 Å². The monoisotopic (exact) mass is 621 g/mol. The summed E-state index contributed by atoms with van der Waals surface area (Å²) in [5.41, 5.74) is 2.22. The summed E-state index contributed by atoms with van der Waals surface area (Å²) >= 11 is 30.8. The molecule has 1 amide bonds. The molecule has 1 unspecified atom stereocenters. The number of thiocarbonyl (C=S) groups is 1. The van der Waals surface area contributed by atoms with Gasteiger partial charge < -0.3 is 16.0 Å². The first-order chi connectivity index (χ1) is 14.6. The van der Waals surface area contributed by atoms with Gasteiger partial charge in [0.05, 0.1) is 5.69 Å². The third-order valence-corrected chi connectivity index (χ3v) is 6.46. The van der Waals surface area contributed by atoms with Crippen LogP contribution in [0.2, 0.25) is 0 Å². The second-order valence-electron chi connectivity index (χ2n) is 6.68. The van der Waals surface area contributed by atoms with Crippen molar-refractivity contribution in [3.63, 3.8) is 0 Å². The number of aryl methyl sites for hydroxylation is 1. The zero-order valence-corrected chi connectivity index (χ0v) is 22.2. The molecule has 162 valence electrons. The van der Waals surface area contributed by atoms with Crippen LogP contribution in [0.25, 0.3) is 10.8 Å². The molecule has 3 aromatic rings. The maximum atomic E-state index is 13.0. The molecule has 0 aliphatic carbocycles. The average Bonchev–Trinajstić information content (AvgIpc) is 2.69. The summed E-state index contributed by atoms with van der Waals surface area (Å²) < 4.78 is -0.268. The lowest BCUT2D eigenvalue weighted by atomic mass is 10.0. The average molecular weight is 625 g/mol. The summed E-state index contributed by atoms with van der Waals surface area (Å²) in [5.74, 6) is -0.402. The van der Waals surface area contributed by atoms with Crippen molar-refractivity contribution in [2.75, 3.05) is 5.32 Å². The van der Waals surface area contributed by atoms with Crippen molar-refractivity contribution in [2.45, 2.75) is 16.9 Å². The molecule has 0 heterocycles. The number of benzene rings is 3. The van der Waals surface area contributed by atoms with Crippen molar-refractivity contribution >= 4 is 106 Å². The van der Waals surface area contributed by atoms with Crippen LogP contribution in [0.3, 0.4) is 0 Å². The number of rotatable bonds is 4. The third kappa shape index (κ3) is 6.24. The zero-order chi connectivity index (χ0) is 22.8. The van der Waals surface area contributed by atoms with Crippen LogP contribution in [0.15, 0.2) is 63.5 Å². The minimum absolute atomic E-state index is 0.166. The molecule has 10 heteroatoms. The Labute approximate surface area is 217 Å². The van der Waals surface area contributed by atoms with Gasteiger partial charge in [0.25, 0.3) is 5.91 Å². The number of alkyl halides is 3. The molecule has 0 spiro atoms. The Hall–Kier alpha value is -1.09. The number of carbonyl (C=O) groups is 1. The molecule has 31 heavy (non-hydrogen) atoms. The van der Waals surface area contributed by atoms with Gasteiger partial charge in [-0.15, -0.1) is 0 Å². The van der Waals surface area contributed by atoms with E-state index in [0.29, 0.717) is 11.3 Å². The number of nitrogens with one attached hydrogen (secondary N) is 3. The van der Waals surface area contributed by atoms with E-state index in [1.54, 1.807) is 12.1 Å². The SMILES string of the molecule is Cc1cc(Br)c(NC(=S)NC(NC(=O)c2cccc3ccccc23)C(Cl)(Cl)Cl)c(Br)c1. The van der Waals surface area contributed by atoms with Gasteiger partial charge in [-0.05, 0) is 85.5 Å². The molecule has 3 rings (SSSR count). The first-order valence-corrected chi connectivity index (χ1v) is 12.1. The van der Waals surface area contributed by atoms with E-state index < -0.39 is 15.9 Å². The first-order valence-electron chi connectivity index (χ1n) is 8.95. The maximum Gasteiger partial charge on any atom is 0.253 e. The molecule has 0 radical (unpaired) electrons. The van der Waals surface area contributed by atoms with Gasteiger partial charge in [0.15, 0.2) is 5.11 Å². The second kappa shape index (κ2) is 10.2. The molecule has 0 fully saturated rings. The quantitative estimate of drug-likeness (QED) is 0.165. The van der Waals surface area contributed by atoms with Gasteiger partial charge in [0, 0.05) is 14.5 Å². The molecule has 0 saturated carbocycles. The van der Waals surface area contributed by atoms with Crippen LogP contribution in [0.1, 0.15) is 15.9 Å². The summed E-state index contributed by atoms with van der Waals surface area (Å²) in [6.45, 7) is 1.97. The largest absolute Gasteiger partial charge is 0.339 e. The number of hydrogen-bond donors (Lipinski definition) is 3. The minimum atomic E-state index is -1.87. The highest BCUT2D eigenvalue weighted by molar-refractivity contribution is 9.11. The molecular weight excluding hydrogens is 608 g/mol. The van der Waals surface area contributed by atoms with E-state index in [1.165, 1.54) is 0 Å². The number of carbonyl (C=O) groups excluding carboxylic acids is 1. The van der Waals surface area contributed by atoms with Crippen LogP contribution >= 0.6 is 78.9 Å². The Bertz CT molecular complexity index is 1130. The predicted octanol–water partition coefficient (Wildman–Crippen LogP) is 7.09. The van der Waals surface area contributed by atoms with Crippen LogP contribution in [0, 0.1) is 6.92 Å². The van der Waals surface area contributed by atoms with E-state index in [4.69, 9.17) is 47.0 Å². The summed E-state index contributed by atoms with van der Waals surface area (Å²) in [7, 11) is 0. The van der Waals surface area contributed by atoms with Gasteiger partial charge in [-0.25, -0.2) is 0 Å². The van der Waals surface area contributed by atoms with E-state index in [9.17, 15) is 4.79 Å². The Morgan fingerprint density at radius 1 is 1.00 bits per heavy atom. The normalized spacial score (nSPS) is 12.3. The van der Waals surface area contributed by atoms with Crippen molar-refractivity contribution in [3.8, 4) is 0 Å². The predicted molar refractivity (Wildman–Crippen MR) is 141 cm³/mol. The van der Waals surface area contributed by atoms with Crippen LogP contribution < -0.4 is 16.0 Å². The smallest absolute Gasteiger partial charge is 0.253 e. The number of fused-ring (bicyclic) bond motifs is 1. The fourth-order valence-electron chi connectivity index (χ4n) is 2.93. The zero-order valence-electron chi connectivity index (χ0n) is 16.0. The molecule has 1 atom stereocenters. The topological polar surface area (TPSA) is 53.2 Å². The van der Waals surface area contributed by atoms with Crippen LogP contribution in [0.5, 0.6) is 0 Å². The number of halogens is 5. The molecule has 0 aliphatic heterocycles. The second-order valence-corrected chi connectivity index (χ2v) is 11.2. The highest BCUT2D eigenvalue weighted by Crippen LogP contribution is 2.33. The summed E-state index contributed by atoms with van der Waals surface area (Å²) in [6, 6.07) is 16.9. The molecule has 3 aromatic carbocycles. The van der Waals surface area contributed by atoms with E-state index in [1.807, 2.05) is 49.4 Å². The molecular formula is C21H16Br2Cl3N3OS. The van der Waals surface area contributed by atoms with Crippen molar-refractivity contribution < 1.29 is 4.79 Å². The summed E-state index contributed by atoms with van der Waals surface area (Å²) in [5, 5.41) is 10.5. The van der Waals surface area contributed by atoms with Gasteiger partial charge in [-0.2, -0.15) is 0 Å². The van der Waals surface area contributed by atoms with Crippen molar-refractivity contribution in [3.05, 3.63) is 74.7 Å². The standard InChI is InChI=1S/C21H16Br2Cl3N3OS/c1-11-9-15(22)17(16(23)10-11)27-20(31)29-19(21(24,25)26)28-18(30)14-8-4-6-12-5-2-3-7-13(12)14/h2-10,19H,1H3,(H,28,30)(H2,27,29,31). The van der Waals surface area contributed by atoms with E-state index in [-0.39, 0.29) is 5.11 Å². The Morgan fingerprint density at radius 2 is 1.61 bits per heavy atom. The van der Waals surface area contributed by atoms with E-state index in [2.05, 4.69) is 47.8 Å². The van der Waals surface area contributed by atoms with Crippen LogP contribution in [-0.4, -0.2) is 21.0 Å². The van der Waals surface area contributed by atoms with E-state index >= 15 is 0 Å². The van der Waals surface area contributed by atoms with Gasteiger partial charge in [-0.3, -0.25) is 4.79 Å². The minimum Gasteiger partial charge on any atom is -0.339 e. The van der Waals surface area contributed by atoms with Gasteiger partial charge >= 0.3 is 0 Å². The highest BCUT2D eigenvalue weighted by Gasteiger charge is 2.35. The maximum absolute atomic E-state index is 13.0. The number of amides is 1. The lowest BCUT2D eigenvalue weighted by molar-refractivity contribution is 0.0936. The number of anilines is 1. The van der Waals surface area contributed by atoms with Crippen molar-refractivity contribution in [1.29, 1.82) is 0 Å². The Balaban J connectivity index is 1.80. The van der Waals surface area contributed by atoms with Gasteiger partial charge in [-0.1, -0.05) is 71.2 Å². The van der Waals surface area contributed by atoms with Crippen molar-refractivity contribution in [1.82, 2.24) is 10.6 Å². The lowest BCUT2D eigenvalue weighted by Crippen LogP contribution is -2.56. The van der Waals surface area contributed by atoms with Crippen LogP contribution in [-0.2, 0) is 0 Å². The van der Waals surface area contributed by atoms with Gasteiger partial charge in [0.1, 0.15) is 6.17 Å². The fourth-order valence-corrected chi connectivity index (χ4v) is 5.09. The summed E-state index contributed by atoms with van der Waals surface area (Å²) in [4.78, 5) is 13.0. The molecule has 4 nitrogen and oxygen atoms in total. The molecule has 3 N–H and O–H groups in total. The first kappa shape index (κ1) is 24.6. The third-order valence-electron chi connectivity index (χ3n) is 4.34. The molecule has 0 aromatic heterocycles. The molecule has 0 saturated heterocycles. The van der Waals surface area contributed by atoms with Gasteiger partial charge in [0.2, 0.25) is 3.79 Å². The molecule has 0 aliphatic rings. The fraction of sp³-hybridized carbons (Fsp3) is 0.143. The van der Waals surface area contributed by atoms with E-state index in [0.717, 1.165) is 25.3 Å². The summed E-state index contributed by atoms with van der Waals surface area (Å²) in [6.07, 6.45) is -1.09. The highest BCUT2D eigenvalue weighted by atomic mass is 79.9. The Morgan fingerprint density at radius 3 is 2.26 bits per heavy atom. The Kier molecular flexibility index (Phi) is 8.10. The number of hydrogen-bond acceptors (Lipinski definition) is 2. The lowest BCUT2D eigenvalue weighted by Gasteiger charge is -2.28. The molecule has 0 bridgehead atoms.